The Bertz CT molecular complexity index is 590. The van der Waals surface area contributed by atoms with Gasteiger partial charge in [-0.2, -0.15) is 0 Å². The van der Waals surface area contributed by atoms with E-state index < -0.39 is 23.8 Å². The predicted molar refractivity (Wildman–Crippen MR) is 66.6 cm³/mol. The number of aliphatic hydroxyl groups excluding tert-OH is 1. The lowest BCUT2D eigenvalue weighted by Crippen LogP contribution is -2.57. The Kier molecular flexibility index (Phi) is 2.60. The number of para-hydroxylation sites is 1. The molecule has 19 heavy (non-hydrogen) atoms. The second-order valence-electron chi connectivity index (χ2n) is 4.68. The Morgan fingerprint density at radius 3 is 2.63 bits per heavy atom. The van der Waals surface area contributed by atoms with Crippen LogP contribution >= 0.6 is 0 Å². The summed E-state index contributed by atoms with van der Waals surface area (Å²) in [6.07, 6.45) is -0.482. The van der Waals surface area contributed by atoms with Crippen molar-refractivity contribution in [1.29, 1.82) is 0 Å². The highest BCUT2D eigenvalue weighted by Gasteiger charge is 2.42. The van der Waals surface area contributed by atoms with E-state index in [0.717, 1.165) is 0 Å². The number of aliphatic hydroxyl groups is 1. The number of aliphatic imine (C=N–C) groups is 1. The van der Waals surface area contributed by atoms with Crippen molar-refractivity contribution in [3.8, 4) is 0 Å². The van der Waals surface area contributed by atoms with Gasteiger partial charge in [-0.3, -0.25) is 9.59 Å². The Morgan fingerprint density at radius 2 is 2.00 bits per heavy atom. The molecule has 1 saturated heterocycles. The zero-order valence-electron chi connectivity index (χ0n) is 9.98. The summed E-state index contributed by atoms with van der Waals surface area (Å²) in [6, 6.07) is 6.70. The van der Waals surface area contributed by atoms with E-state index in [9.17, 15) is 19.8 Å². The van der Waals surface area contributed by atoms with Crippen LogP contribution in [0.3, 0.4) is 0 Å². The fraction of sp³-hybridized carbons (Fsp3) is 0.308. The van der Waals surface area contributed by atoms with Crippen molar-refractivity contribution in [2.75, 3.05) is 13.1 Å². The van der Waals surface area contributed by atoms with Gasteiger partial charge in [0.05, 0.1) is 11.8 Å². The van der Waals surface area contributed by atoms with Crippen LogP contribution in [0.1, 0.15) is 10.4 Å². The number of nitrogens with zero attached hydrogens (tertiary/aromatic N) is 2. The van der Waals surface area contributed by atoms with Crippen molar-refractivity contribution in [1.82, 2.24) is 4.90 Å². The summed E-state index contributed by atoms with van der Waals surface area (Å²) in [6.45, 7) is 0.635. The van der Waals surface area contributed by atoms with Gasteiger partial charge >= 0.3 is 5.97 Å². The molecule has 0 radical (unpaired) electrons. The maximum Gasteiger partial charge on any atom is 0.322 e. The lowest BCUT2D eigenvalue weighted by molar-refractivity contribution is -0.138. The number of Topliss-reactive ketones (excluding diaryl/α,β-unsaturated/α-hetero) is 1. The topological polar surface area (TPSA) is 90.2 Å². The Hall–Kier alpha value is -2.21. The number of carbonyl (C=O) groups is 2. The van der Waals surface area contributed by atoms with E-state index in [-0.39, 0.29) is 5.84 Å². The Labute approximate surface area is 109 Å². The number of ketones is 1. The molecule has 2 aliphatic rings. The number of hydrogen-bond donors (Lipinski definition) is 2. The van der Waals surface area contributed by atoms with Gasteiger partial charge in [-0.15, -0.1) is 0 Å². The van der Waals surface area contributed by atoms with Crippen LogP contribution in [-0.2, 0) is 4.79 Å². The Balaban J connectivity index is 2.06. The molecule has 1 atom stereocenters. The Morgan fingerprint density at radius 1 is 1.32 bits per heavy atom. The lowest BCUT2D eigenvalue weighted by Gasteiger charge is -2.40. The number of carbonyl (C=O) groups excluding carboxylic acids is 1. The van der Waals surface area contributed by atoms with Gasteiger partial charge in [-0.05, 0) is 12.1 Å². The van der Waals surface area contributed by atoms with Crippen molar-refractivity contribution < 1.29 is 19.8 Å². The summed E-state index contributed by atoms with van der Waals surface area (Å²) in [5, 5.41) is 18.6. The molecule has 0 saturated carbocycles. The van der Waals surface area contributed by atoms with Crippen molar-refractivity contribution in [2.45, 2.75) is 6.10 Å². The molecule has 0 amide bonds. The molecule has 2 N–H and O–H groups in total. The minimum Gasteiger partial charge on any atom is -0.480 e. The lowest BCUT2D eigenvalue weighted by atomic mass is 9.90. The first kappa shape index (κ1) is 11.9. The van der Waals surface area contributed by atoms with Crippen LogP contribution in [0.15, 0.2) is 29.3 Å². The van der Waals surface area contributed by atoms with Gasteiger partial charge in [0.1, 0.15) is 5.84 Å². The molecule has 0 bridgehead atoms. The van der Waals surface area contributed by atoms with Gasteiger partial charge in [0.25, 0.3) is 0 Å². The van der Waals surface area contributed by atoms with Gasteiger partial charge in [0.2, 0.25) is 0 Å². The summed E-state index contributed by atoms with van der Waals surface area (Å²) in [4.78, 5) is 29.5. The van der Waals surface area contributed by atoms with E-state index >= 15 is 0 Å². The van der Waals surface area contributed by atoms with E-state index in [1.54, 1.807) is 29.2 Å². The van der Waals surface area contributed by atoms with E-state index in [2.05, 4.69) is 4.99 Å². The third-order valence-corrected chi connectivity index (χ3v) is 3.36. The van der Waals surface area contributed by atoms with Crippen LogP contribution in [0, 0.1) is 5.92 Å². The molecule has 3 rings (SSSR count). The minimum absolute atomic E-state index is 0.224. The fourth-order valence-corrected chi connectivity index (χ4v) is 2.36. The van der Waals surface area contributed by atoms with Crippen molar-refractivity contribution in [3.05, 3.63) is 29.8 Å². The number of carboxylic acid groups (broad SMARTS) is 1. The van der Waals surface area contributed by atoms with Crippen LogP contribution < -0.4 is 0 Å². The van der Waals surface area contributed by atoms with E-state index in [0.29, 0.717) is 24.3 Å². The van der Waals surface area contributed by atoms with E-state index in [1.807, 2.05) is 0 Å². The van der Waals surface area contributed by atoms with Crippen LogP contribution in [-0.4, -0.2) is 51.9 Å². The second-order valence-corrected chi connectivity index (χ2v) is 4.68. The summed E-state index contributed by atoms with van der Waals surface area (Å²) in [5.41, 5.74) is 0.820. The standard InChI is InChI=1S/C13H12N2O4/c16-7-5-15(6-7)12-10(13(18)19)11(17)8-3-1-2-4-9(8)14-12/h1-4,7,10,16H,5-6H2,(H,18,19). The number of β-amino-alcohol motifs (C(OH)–C–C–N with tert-alkyl or cyclic N) is 1. The number of rotatable bonds is 1. The quantitative estimate of drug-likeness (QED) is 0.708. The molecule has 2 aliphatic heterocycles. The van der Waals surface area contributed by atoms with Gasteiger partial charge in [0.15, 0.2) is 11.7 Å². The number of fused-ring (bicyclic) bond motifs is 1. The molecule has 0 aliphatic carbocycles. The molecule has 1 aromatic carbocycles. The highest BCUT2D eigenvalue weighted by molar-refractivity contribution is 6.26. The summed E-state index contributed by atoms with van der Waals surface area (Å²) < 4.78 is 0. The first-order chi connectivity index (χ1) is 9.08. The van der Waals surface area contributed by atoms with Crippen molar-refractivity contribution in [3.63, 3.8) is 0 Å². The highest BCUT2D eigenvalue weighted by atomic mass is 16.4. The molecule has 0 spiro atoms. The summed E-state index contributed by atoms with van der Waals surface area (Å²) in [5.74, 6) is -2.71. The number of aliphatic carboxylic acids is 1. The first-order valence-corrected chi connectivity index (χ1v) is 5.95. The smallest absolute Gasteiger partial charge is 0.322 e. The second kappa shape index (κ2) is 4.17. The predicted octanol–water partition coefficient (Wildman–Crippen LogP) is 0.290. The minimum atomic E-state index is -1.28. The summed E-state index contributed by atoms with van der Waals surface area (Å²) in [7, 11) is 0. The monoisotopic (exact) mass is 260 g/mol. The van der Waals surface area contributed by atoms with Gasteiger partial charge < -0.3 is 15.1 Å². The molecular formula is C13H12N2O4. The van der Waals surface area contributed by atoms with Crippen molar-refractivity contribution in [2.24, 2.45) is 10.9 Å². The van der Waals surface area contributed by atoms with Gasteiger partial charge in [-0.1, -0.05) is 12.1 Å². The van der Waals surface area contributed by atoms with Crippen molar-refractivity contribution >= 4 is 23.3 Å². The van der Waals surface area contributed by atoms with E-state index in [1.165, 1.54) is 0 Å². The molecule has 6 nitrogen and oxygen atoms in total. The van der Waals surface area contributed by atoms with E-state index in [4.69, 9.17) is 0 Å². The van der Waals surface area contributed by atoms with Crippen LogP contribution in [0.25, 0.3) is 0 Å². The zero-order valence-corrected chi connectivity index (χ0v) is 9.98. The molecule has 98 valence electrons. The maximum atomic E-state index is 12.2. The number of amidine groups is 1. The molecular weight excluding hydrogens is 248 g/mol. The molecule has 1 fully saturated rings. The summed E-state index contributed by atoms with van der Waals surface area (Å²) >= 11 is 0. The normalized spacial score (nSPS) is 22.6. The van der Waals surface area contributed by atoms with Crippen LogP contribution in [0.5, 0.6) is 0 Å². The number of likely N-dealkylation sites (tertiary alicyclic amines) is 1. The molecule has 0 aromatic heterocycles. The average Bonchev–Trinajstić information content (AvgIpc) is 2.34. The third kappa shape index (κ3) is 1.80. The molecule has 2 heterocycles. The number of carboxylic acids is 1. The fourth-order valence-electron chi connectivity index (χ4n) is 2.36. The maximum absolute atomic E-state index is 12.2. The molecule has 1 unspecified atom stereocenters. The average molecular weight is 260 g/mol. The molecule has 1 aromatic rings. The van der Waals surface area contributed by atoms with Gasteiger partial charge in [-0.25, -0.2) is 4.99 Å². The van der Waals surface area contributed by atoms with Crippen LogP contribution in [0.2, 0.25) is 0 Å². The SMILES string of the molecule is O=C(O)C1C(=O)c2ccccc2N=C1N1CC(O)C1. The number of benzene rings is 1. The third-order valence-electron chi connectivity index (χ3n) is 3.36. The largest absolute Gasteiger partial charge is 0.480 e. The van der Waals surface area contributed by atoms with Gasteiger partial charge in [0, 0.05) is 18.7 Å². The molecule has 6 heteroatoms. The first-order valence-electron chi connectivity index (χ1n) is 5.95. The highest BCUT2D eigenvalue weighted by Crippen LogP contribution is 2.31. The zero-order chi connectivity index (χ0) is 13.6. The number of hydrogen-bond acceptors (Lipinski definition) is 5. The van der Waals surface area contributed by atoms with Crippen LogP contribution in [0.4, 0.5) is 5.69 Å².